The summed E-state index contributed by atoms with van der Waals surface area (Å²) in [6, 6.07) is 16.6. The second kappa shape index (κ2) is 8.04. The van der Waals surface area contributed by atoms with Crippen molar-refractivity contribution in [3.05, 3.63) is 81.9 Å². The molecule has 24 heavy (non-hydrogen) atoms. The average molecular weight is 341 g/mol. The lowest BCUT2D eigenvalue weighted by Crippen LogP contribution is -2.19. The predicted molar refractivity (Wildman–Crippen MR) is 96.9 cm³/mol. The number of thiazole rings is 1. The van der Waals surface area contributed by atoms with E-state index in [1.54, 1.807) is 23.5 Å². The van der Waals surface area contributed by atoms with Gasteiger partial charge in [0.15, 0.2) is 4.80 Å². The van der Waals surface area contributed by atoms with Gasteiger partial charge in [0, 0.05) is 24.0 Å². The molecule has 0 aliphatic carbocycles. The summed E-state index contributed by atoms with van der Waals surface area (Å²) in [5.74, 6) is -0.249. The maximum atomic E-state index is 13.1. The first kappa shape index (κ1) is 16.6. The first-order valence-corrected chi connectivity index (χ1v) is 8.86. The molecule has 2 N–H and O–H groups in total. The third kappa shape index (κ3) is 4.19. The molecule has 3 nitrogen and oxygen atoms in total. The molecule has 0 amide bonds. The van der Waals surface area contributed by atoms with Crippen LogP contribution in [0.25, 0.3) is 0 Å². The highest BCUT2D eigenvalue weighted by Crippen LogP contribution is 2.14. The van der Waals surface area contributed by atoms with Crippen molar-refractivity contribution in [2.45, 2.75) is 19.4 Å². The van der Waals surface area contributed by atoms with E-state index in [-0.39, 0.29) is 5.82 Å². The standard InChI is InChI=1S/C19H20FN3S/c20-16-7-9-17(10-8-16)22-19-23(12-4-11-21)18(14-24-19)13-15-5-2-1-3-6-15/h1-3,5-10,14H,4,11-13,21H2. The van der Waals surface area contributed by atoms with Crippen molar-refractivity contribution in [2.75, 3.05) is 6.54 Å². The van der Waals surface area contributed by atoms with E-state index in [0.29, 0.717) is 6.54 Å². The van der Waals surface area contributed by atoms with Crippen LogP contribution in [0.2, 0.25) is 0 Å². The monoisotopic (exact) mass is 341 g/mol. The molecule has 0 radical (unpaired) electrons. The fourth-order valence-corrected chi connectivity index (χ4v) is 3.46. The van der Waals surface area contributed by atoms with Gasteiger partial charge in [0.25, 0.3) is 0 Å². The van der Waals surface area contributed by atoms with E-state index in [9.17, 15) is 4.39 Å². The molecular weight excluding hydrogens is 321 g/mol. The molecule has 0 spiro atoms. The number of rotatable bonds is 6. The molecule has 124 valence electrons. The zero-order valence-corrected chi connectivity index (χ0v) is 14.2. The van der Waals surface area contributed by atoms with Crippen molar-refractivity contribution >= 4 is 17.0 Å². The summed E-state index contributed by atoms with van der Waals surface area (Å²) in [4.78, 5) is 5.59. The van der Waals surface area contributed by atoms with Gasteiger partial charge in [-0.25, -0.2) is 9.38 Å². The van der Waals surface area contributed by atoms with Crippen LogP contribution in [0.15, 0.2) is 65.0 Å². The highest BCUT2D eigenvalue weighted by molar-refractivity contribution is 7.07. The van der Waals surface area contributed by atoms with Gasteiger partial charge >= 0.3 is 0 Å². The third-order valence-corrected chi connectivity index (χ3v) is 4.66. The fourth-order valence-electron chi connectivity index (χ4n) is 2.51. The largest absolute Gasteiger partial charge is 0.330 e. The zero-order valence-electron chi connectivity index (χ0n) is 13.4. The number of benzene rings is 2. The summed E-state index contributed by atoms with van der Waals surface area (Å²) in [5.41, 5.74) is 8.93. The van der Waals surface area contributed by atoms with Crippen molar-refractivity contribution in [2.24, 2.45) is 10.7 Å². The van der Waals surface area contributed by atoms with Crippen LogP contribution < -0.4 is 10.5 Å². The topological polar surface area (TPSA) is 43.3 Å². The molecule has 0 unspecified atom stereocenters. The van der Waals surface area contributed by atoms with Crippen molar-refractivity contribution in [1.29, 1.82) is 0 Å². The number of nitrogens with two attached hydrogens (primary N) is 1. The Labute approximate surface area is 144 Å². The van der Waals surface area contributed by atoms with Crippen LogP contribution in [-0.2, 0) is 13.0 Å². The highest BCUT2D eigenvalue weighted by atomic mass is 32.1. The Morgan fingerprint density at radius 3 is 2.50 bits per heavy atom. The van der Waals surface area contributed by atoms with Crippen LogP contribution in [0.1, 0.15) is 17.7 Å². The van der Waals surface area contributed by atoms with Gasteiger partial charge in [-0.05, 0) is 42.8 Å². The molecule has 0 bridgehead atoms. The second-order valence-electron chi connectivity index (χ2n) is 5.55. The Balaban J connectivity index is 1.95. The maximum Gasteiger partial charge on any atom is 0.190 e. The van der Waals surface area contributed by atoms with Gasteiger partial charge in [0.2, 0.25) is 0 Å². The number of aromatic nitrogens is 1. The summed E-state index contributed by atoms with van der Waals surface area (Å²) >= 11 is 1.61. The number of nitrogens with zero attached hydrogens (tertiary/aromatic N) is 2. The molecular formula is C19H20FN3S. The molecule has 3 rings (SSSR count). The van der Waals surface area contributed by atoms with Crippen LogP contribution in [0.4, 0.5) is 10.1 Å². The minimum absolute atomic E-state index is 0.249. The van der Waals surface area contributed by atoms with E-state index in [1.807, 2.05) is 6.07 Å². The zero-order chi connectivity index (χ0) is 16.8. The minimum Gasteiger partial charge on any atom is -0.330 e. The summed E-state index contributed by atoms with van der Waals surface area (Å²) in [6.07, 6.45) is 1.76. The molecule has 0 saturated heterocycles. The quantitative estimate of drug-likeness (QED) is 0.727. The van der Waals surface area contributed by atoms with Crippen LogP contribution in [0, 0.1) is 5.82 Å². The fraction of sp³-hybridized carbons (Fsp3) is 0.211. The first-order valence-electron chi connectivity index (χ1n) is 7.98. The van der Waals surface area contributed by atoms with E-state index in [0.717, 1.165) is 29.9 Å². The van der Waals surface area contributed by atoms with Gasteiger partial charge in [-0.2, -0.15) is 0 Å². The summed E-state index contributed by atoms with van der Waals surface area (Å²) in [5, 5.41) is 2.14. The van der Waals surface area contributed by atoms with Crippen molar-refractivity contribution in [3.8, 4) is 0 Å². The van der Waals surface area contributed by atoms with E-state index in [2.05, 4.69) is 39.2 Å². The van der Waals surface area contributed by atoms with E-state index >= 15 is 0 Å². The molecule has 0 fully saturated rings. The normalized spacial score (nSPS) is 11.8. The number of hydrogen-bond donors (Lipinski definition) is 1. The number of hydrogen-bond acceptors (Lipinski definition) is 3. The molecule has 0 aliphatic heterocycles. The predicted octanol–water partition coefficient (Wildman–Crippen LogP) is 3.86. The maximum absolute atomic E-state index is 13.1. The lowest BCUT2D eigenvalue weighted by molar-refractivity contribution is 0.613. The summed E-state index contributed by atoms with van der Waals surface area (Å²) < 4.78 is 15.3. The first-order chi connectivity index (χ1) is 11.8. The van der Waals surface area contributed by atoms with Gasteiger partial charge < -0.3 is 10.3 Å². The van der Waals surface area contributed by atoms with Crippen molar-refractivity contribution in [1.82, 2.24) is 4.57 Å². The third-order valence-electron chi connectivity index (χ3n) is 3.74. The van der Waals surface area contributed by atoms with E-state index in [1.165, 1.54) is 23.4 Å². The minimum atomic E-state index is -0.249. The van der Waals surface area contributed by atoms with Gasteiger partial charge in [-0.3, -0.25) is 0 Å². The Morgan fingerprint density at radius 2 is 1.79 bits per heavy atom. The molecule has 0 atom stereocenters. The Hall–Kier alpha value is -2.24. The molecule has 2 aromatic carbocycles. The van der Waals surface area contributed by atoms with Crippen LogP contribution in [0.5, 0.6) is 0 Å². The van der Waals surface area contributed by atoms with Gasteiger partial charge in [0.05, 0.1) is 5.69 Å². The summed E-state index contributed by atoms with van der Waals surface area (Å²) in [7, 11) is 0. The Morgan fingerprint density at radius 1 is 1.04 bits per heavy atom. The summed E-state index contributed by atoms with van der Waals surface area (Å²) in [6.45, 7) is 1.48. The van der Waals surface area contributed by atoms with Crippen LogP contribution in [0.3, 0.4) is 0 Å². The van der Waals surface area contributed by atoms with E-state index in [4.69, 9.17) is 5.73 Å². The van der Waals surface area contributed by atoms with Crippen LogP contribution >= 0.6 is 11.3 Å². The average Bonchev–Trinajstić information content (AvgIpc) is 2.97. The van der Waals surface area contributed by atoms with Gasteiger partial charge in [-0.15, -0.1) is 11.3 Å². The molecule has 1 heterocycles. The lowest BCUT2D eigenvalue weighted by atomic mass is 10.1. The second-order valence-corrected chi connectivity index (χ2v) is 6.39. The van der Waals surface area contributed by atoms with Crippen LogP contribution in [-0.4, -0.2) is 11.1 Å². The van der Waals surface area contributed by atoms with Gasteiger partial charge in [-0.1, -0.05) is 30.3 Å². The molecule has 1 aromatic heterocycles. The Bertz CT molecular complexity index is 835. The smallest absolute Gasteiger partial charge is 0.190 e. The van der Waals surface area contributed by atoms with Crippen molar-refractivity contribution < 1.29 is 4.39 Å². The van der Waals surface area contributed by atoms with Crippen molar-refractivity contribution in [3.63, 3.8) is 0 Å². The molecule has 5 heteroatoms. The Kier molecular flexibility index (Phi) is 5.56. The van der Waals surface area contributed by atoms with Gasteiger partial charge in [0.1, 0.15) is 5.82 Å². The number of halogens is 1. The highest BCUT2D eigenvalue weighted by Gasteiger charge is 2.06. The molecule has 3 aromatic rings. The van der Waals surface area contributed by atoms with E-state index < -0.39 is 0 Å². The molecule has 0 saturated carbocycles. The lowest BCUT2D eigenvalue weighted by Gasteiger charge is -2.08. The molecule has 0 aliphatic rings. The SMILES string of the molecule is NCCCn1c(Cc2ccccc2)csc1=Nc1ccc(F)cc1.